The van der Waals surface area contributed by atoms with Crippen LogP contribution in [0.2, 0.25) is 0 Å². The SMILES string of the molecule is COc1ccc2ncc3c(c2n1)C(CN1C[C@@H]2C(NCc4ccc5c(n4)NC(=O)CO5)[C@@H]2C1)CO3. The van der Waals surface area contributed by atoms with Crippen molar-refractivity contribution < 1.29 is 19.0 Å². The molecule has 4 aliphatic rings. The van der Waals surface area contributed by atoms with E-state index in [1.807, 2.05) is 30.5 Å². The predicted octanol–water partition coefficient (Wildman–Crippen LogP) is 1.56. The Labute approximate surface area is 202 Å². The molecule has 0 aromatic carbocycles. The maximum atomic E-state index is 11.5. The Morgan fingerprint density at radius 3 is 2.89 bits per heavy atom. The number of amides is 1. The maximum absolute atomic E-state index is 11.5. The van der Waals surface area contributed by atoms with Gasteiger partial charge in [-0.15, -0.1) is 0 Å². The zero-order valence-corrected chi connectivity index (χ0v) is 19.4. The highest BCUT2D eigenvalue weighted by Crippen LogP contribution is 2.47. The van der Waals surface area contributed by atoms with Crippen LogP contribution < -0.4 is 24.8 Å². The van der Waals surface area contributed by atoms with Gasteiger partial charge >= 0.3 is 0 Å². The fourth-order valence-electron chi connectivity index (χ4n) is 5.79. The van der Waals surface area contributed by atoms with Crippen LogP contribution in [-0.4, -0.2) is 71.8 Å². The normalized spacial score (nSPS) is 26.4. The first kappa shape index (κ1) is 20.8. The number of carbonyl (C=O) groups is 1. The molecule has 7 rings (SSSR count). The first-order chi connectivity index (χ1) is 17.2. The molecule has 3 aromatic rings. The number of nitrogens with zero attached hydrogens (tertiary/aromatic N) is 4. The maximum Gasteiger partial charge on any atom is 0.263 e. The van der Waals surface area contributed by atoms with Crippen molar-refractivity contribution in [3.63, 3.8) is 0 Å². The summed E-state index contributed by atoms with van der Waals surface area (Å²) in [7, 11) is 1.63. The zero-order chi connectivity index (χ0) is 23.5. The molecule has 10 nitrogen and oxygen atoms in total. The average molecular weight is 475 g/mol. The lowest BCUT2D eigenvalue weighted by Crippen LogP contribution is -2.34. The lowest BCUT2D eigenvalue weighted by molar-refractivity contribution is -0.118. The average Bonchev–Trinajstić information content (AvgIpc) is 3.18. The second kappa shape index (κ2) is 8.03. The van der Waals surface area contributed by atoms with Crippen LogP contribution in [0.15, 0.2) is 30.5 Å². The number of ether oxygens (including phenoxy) is 3. The van der Waals surface area contributed by atoms with Crippen molar-refractivity contribution in [3.05, 3.63) is 41.7 Å². The number of nitrogens with one attached hydrogen (secondary N) is 2. The summed E-state index contributed by atoms with van der Waals surface area (Å²) < 4.78 is 16.7. The highest BCUT2D eigenvalue weighted by atomic mass is 16.5. The smallest absolute Gasteiger partial charge is 0.263 e. The van der Waals surface area contributed by atoms with Crippen molar-refractivity contribution >= 4 is 22.8 Å². The second-order valence-corrected chi connectivity index (χ2v) is 9.70. The summed E-state index contributed by atoms with van der Waals surface area (Å²) in [6.45, 7) is 4.50. The number of fused-ring (bicyclic) bond motifs is 5. The molecule has 35 heavy (non-hydrogen) atoms. The van der Waals surface area contributed by atoms with Gasteiger partial charge in [-0.25, -0.2) is 9.97 Å². The predicted molar refractivity (Wildman–Crippen MR) is 127 cm³/mol. The van der Waals surface area contributed by atoms with Crippen molar-refractivity contribution in [2.75, 3.05) is 45.3 Å². The van der Waals surface area contributed by atoms with Crippen LogP contribution in [-0.2, 0) is 11.3 Å². The minimum Gasteiger partial charge on any atom is -0.491 e. The lowest BCUT2D eigenvalue weighted by atomic mass is 9.99. The summed E-state index contributed by atoms with van der Waals surface area (Å²) in [5, 5.41) is 6.43. The molecule has 0 bridgehead atoms. The van der Waals surface area contributed by atoms with Crippen LogP contribution in [0.4, 0.5) is 5.82 Å². The van der Waals surface area contributed by atoms with E-state index < -0.39 is 0 Å². The minimum atomic E-state index is -0.165. The molecule has 1 aliphatic carbocycles. The molecule has 1 saturated carbocycles. The van der Waals surface area contributed by atoms with Crippen LogP contribution in [0, 0.1) is 11.8 Å². The summed E-state index contributed by atoms with van der Waals surface area (Å²) in [6.07, 6.45) is 1.82. The fourth-order valence-corrected chi connectivity index (χ4v) is 5.79. The molecule has 2 unspecified atom stereocenters. The number of aromatic nitrogens is 3. The van der Waals surface area contributed by atoms with Gasteiger partial charge in [0.05, 0.1) is 31.1 Å². The quantitative estimate of drug-likeness (QED) is 0.550. The Balaban J connectivity index is 0.972. The first-order valence-corrected chi connectivity index (χ1v) is 12.0. The monoisotopic (exact) mass is 474 g/mol. The summed E-state index contributed by atoms with van der Waals surface area (Å²) in [5.74, 6) is 4.00. The van der Waals surface area contributed by atoms with Crippen molar-refractivity contribution in [1.82, 2.24) is 25.2 Å². The third-order valence-electron chi connectivity index (χ3n) is 7.55. The van der Waals surface area contributed by atoms with E-state index in [4.69, 9.17) is 14.2 Å². The molecule has 0 spiro atoms. The van der Waals surface area contributed by atoms with Crippen molar-refractivity contribution in [1.29, 1.82) is 0 Å². The van der Waals surface area contributed by atoms with Gasteiger partial charge in [0, 0.05) is 49.8 Å². The first-order valence-electron chi connectivity index (χ1n) is 12.0. The number of methoxy groups -OCH3 is 1. The number of likely N-dealkylation sites (tertiary alicyclic amines) is 1. The number of pyridine rings is 3. The molecule has 1 saturated heterocycles. The van der Waals surface area contributed by atoms with Gasteiger partial charge in [0.2, 0.25) is 5.88 Å². The standard InChI is InChI=1S/C25H26N6O4/c1-33-21-5-3-17-24(30-21)22-13(11-34-19(22)7-26-17)8-31-9-15-16(10-31)23(15)27-6-14-2-4-18-25(28-14)29-20(32)12-35-18/h2-5,7,13,15-16,23,27H,6,8-12H2,1H3,(H,28,29,32)/t13?,15-,16+,23?. The van der Waals surface area contributed by atoms with Crippen LogP contribution in [0.1, 0.15) is 17.2 Å². The molecule has 10 heteroatoms. The molecular formula is C25H26N6O4. The Morgan fingerprint density at radius 2 is 2.03 bits per heavy atom. The Bertz CT molecular complexity index is 1320. The van der Waals surface area contributed by atoms with Crippen molar-refractivity contribution in [2.24, 2.45) is 11.8 Å². The van der Waals surface area contributed by atoms with Crippen LogP contribution in [0.3, 0.4) is 0 Å². The minimum absolute atomic E-state index is 0.0462. The van der Waals surface area contributed by atoms with Gasteiger partial charge in [-0.1, -0.05) is 0 Å². The fraction of sp³-hybridized carbons (Fsp3) is 0.440. The molecule has 3 aromatic heterocycles. The van der Waals surface area contributed by atoms with Crippen LogP contribution in [0.25, 0.3) is 11.0 Å². The lowest BCUT2D eigenvalue weighted by Gasteiger charge is -2.23. The van der Waals surface area contributed by atoms with Gasteiger partial charge in [-0.2, -0.15) is 0 Å². The van der Waals surface area contributed by atoms with Gasteiger partial charge < -0.3 is 29.7 Å². The third kappa shape index (κ3) is 3.64. The van der Waals surface area contributed by atoms with Crippen LogP contribution >= 0.6 is 0 Å². The highest BCUT2D eigenvalue weighted by molar-refractivity contribution is 5.94. The number of carbonyl (C=O) groups excluding carboxylic acids is 1. The van der Waals surface area contributed by atoms with E-state index >= 15 is 0 Å². The molecule has 2 fully saturated rings. The topological polar surface area (TPSA) is 111 Å². The molecule has 180 valence electrons. The van der Waals surface area contributed by atoms with E-state index in [1.54, 1.807) is 7.11 Å². The molecule has 4 atom stereocenters. The van der Waals surface area contributed by atoms with Gasteiger partial charge in [-0.05, 0) is 30.0 Å². The highest BCUT2D eigenvalue weighted by Gasteiger charge is 2.55. The molecular weight excluding hydrogens is 448 g/mol. The van der Waals surface area contributed by atoms with E-state index in [0.717, 1.165) is 47.7 Å². The van der Waals surface area contributed by atoms with Gasteiger partial charge in [-0.3, -0.25) is 9.78 Å². The number of hydrogen-bond donors (Lipinski definition) is 2. The van der Waals surface area contributed by atoms with E-state index in [9.17, 15) is 4.79 Å². The van der Waals surface area contributed by atoms with Crippen molar-refractivity contribution in [2.45, 2.75) is 18.5 Å². The number of rotatable bonds is 6. The van der Waals surface area contributed by atoms with Crippen LogP contribution in [0.5, 0.6) is 17.4 Å². The van der Waals surface area contributed by atoms with Gasteiger partial charge in [0.25, 0.3) is 5.91 Å². The summed E-state index contributed by atoms with van der Waals surface area (Å²) >= 11 is 0. The van der Waals surface area contributed by atoms with E-state index in [-0.39, 0.29) is 18.4 Å². The molecule has 6 heterocycles. The number of anilines is 1. The van der Waals surface area contributed by atoms with E-state index in [0.29, 0.717) is 48.5 Å². The summed E-state index contributed by atoms with van der Waals surface area (Å²) in [6, 6.07) is 8.14. The molecule has 1 amide bonds. The summed E-state index contributed by atoms with van der Waals surface area (Å²) in [5.41, 5.74) is 3.81. The van der Waals surface area contributed by atoms with Gasteiger partial charge in [0.1, 0.15) is 11.3 Å². The Morgan fingerprint density at radius 1 is 1.14 bits per heavy atom. The van der Waals surface area contributed by atoms with Crippen molar-refractivity contribution in [3.8, 4) is 17.4 Å². The second-order valence-electron chi connectivity index (χ2n) is 9.70. The Hall–Kier alpha value is -3.50. The van der Waals surface area contributed by atoms with E-state index in [1.165, 1.54) is 0 Å². The zero-order valence-electron chi connectivity index (χ0n) is 19.4. The third-order valence-corrected chi connectivity index (χ3v) is 7.55. The molecule has 2 N–H and O–H groups in total. The number of hydrogen-bond acceptors (Lipinski definition) is 9. The molecule has 0 radical (unpaired) electrons. The number of piperidine rings is 1. The summed E-state index contributed by atoms with van der Waals surface area (Å²) in [4.78, 5) is 27.8. The Kier molecular flexibility index (Phi) is 4.78. The largest absolute Gasteiger partial charge is 0.491 e. The molecule has 3 aliphatic heterocycles. The van der Waals surface area contributed by atoms with Gasteiger partial charge in [0.15, 0.2) is 18.2 Å². The van der Waals surface area contributed by atoms with E-state index in [2.05, 4.69) is 30.5 Å².